The number of aryl methyl sites for hydroxylation is 1. The fourth-order valence-corrected chi connectivity index (χ4v) is 3.98. The monoisotopic (exact) mass is 446 g/mol. The standard InChI is InChI=1S/C21H19ClN2O5S/c1-12-4-3-5-13(6-12)11-29-19-15(22)7-14(8-16(19)28-2)9-17-20(26)24(10-18(23)25)21(27)30-17/h3-9H,10-11H2,1-2H3,(H2,23,25)/b17-9-. The highest BCUT2D eigenvalue weighted by molar-refractivity contribution is 8.18. The Labute approximate surface area is 182 Å². The minimum atomic E-state index is -0.765. The van der Waals surface area contributed by atoms with Gasteiger partial charge >= 0.3 is 0 Å². The van der Waals surface area contributed by atoms with E-state index in [9.17, 15) is 14.4 Å². The number of benzene rings is 2. The number of carbonyl (C=O) groups excluding carboxylic acids is 3. The normalized spacial score (nSPS) is 15.0. The van der Waals surface area contributed by atoms with Crippen molar-refractivity contribution in [2.24, 2.45) is 5.73 Å². The number of imide groups is 1. The third kappa shape index (κ3) is 4.95. The predicted octanol–water partition coefficient (Wildman–Crippen LogP) is 3.76. The van der Waals surface area contributed by atoms with Crippen LogP contribution in [0.3, 0.4) is 0 Å². The van der Waals surface area contributed by atoms with Gasteiger partial charge in [0, 0.05) is 0 Å². The fraction of sp³-hybridized carbons (Fsp3) is 0.190. The second-order valence-corrected chi connectivity index (χ2v) is 7.95. The first kappa shape index (κ1) is 21.7. The van der Waals surface area contributed by atoms with E-state index in [2.05, 4.69) is 0 Å². The number of ether oxygens (including phenoxy) is 2. The van der Waals surface area contributed by atoms with Gasteiger partial charge in [-0.3, -0.25) is 19.3 Å². The van der Waals surface area contributed by atoms with E-state index >= 15 is 0 Å². The van der Waals surface area contributed by atoms with Gasteiger partial charge in [0.1, 0.15) is 13.2 Å². The number of carbonyl (C=O) groups is 3. The lowest BCUT2D eigenvalue weighted by Gasteiger charge is -2.14. The molecule has 156 valence electrons. The highest BCUT2D eigenvalue weighted by Crippen LogP contribution is 2.39. The van der Waals surface area contributed by atoms with E-state index in [-0.39, 0.29) is 4.91 Å². The summed E-state index contributed by atoms with van der Waals surface area (Å²) in [5.41, 5.74) is 7.74. The molecule has 0 unspecified atom stereocenters. The molecule has 3 rings (SSSR count). The zero-order chi connectivity index (χ0) is 21.8. The molecule has 0 saturated carbocycles. The van der Waals surface area contributed by atoms with Crippen molar-refractivity contribution in [3.05, 3.63) is 63.0 Å². The lowest BCUT2D eigenvalue weighted by atomic mass is 10.1. The summed E-state index contributed by atoms with van der Waals surface area (Å²) in [6.07, 6.45) is 1.50. The van der Waals surface area contributed by atoms with Gasteiger partial charge in [0.25, 0.3) is 11.1 Å². The van der Waals surface area contributed by atoms with Crippen LogP contribution >= 0.6 is 23.4 Å². The SMILES string of the molecule is COc1cc(/C=C2\SC(=O)N(CC(N)=O)C2=O)cc(Cl)c1OCc1cccc(C)c1. The van der Waals surface area contributed by atoms with Gasteiger partial charge in [0.2, 0.25) is 5.91 Å². The van der Waals surface area contributed by atoms with Gasteiger partial charge in [0.15, 0.2) is 11.5 Å². The van der Waals surface area contributed by atoms with Gasteiger partial charge in [-0.05, 0) is 48.0 Å². The molecule has 1 aliphatic rings. The van der Waals surface area contributed by atoms with Crippen LogP contribution < -0.4 is 15.2 Å². The molecule has 2 aromatic carbocycles. The molecular weight excluding hydrogens is 428 g/mol. The molecule has 0 bridgehead atoms. The maximum absolute atomic E-state index is 12.4. The van der Waals surface area contributed by atoms with Crippen LogP contribution in [-0.2, 0) is 16.2 Å². The second kappa shape index (κ2) is 9.23. The van der Waals surface area contributed by atoms with Gasteiger partial charge in [-0.2, -0.15) is 0 Å². The van der Waals surface area contributed by atoms with Gasteiger partial charge in [-0.15, -0.1) is 0 Å². The average Bonchev–Trinajstić information content (AvgIpc) is 2.94. The second-order valence-electron chi connectivity index (χ2n) is 6.55. The summed E-state index contributed by atoms with van der Waals surface area (Å²) in [6.45, 7) is 1.85. The molecule has 7 nitrogen and oxygen atoms in total. The van der Waals surface area contributed by atoms with Gasteiger partial charge < -0.3 is 15.2 Å². The van der Waals surface area contributed by atoms with Crippen molar-refractivity contribution in [3.8, 4) is 11.5 Å². The van der Waals surface area contributed by atoms with Crippen LogP contribution in [-0.4, -0.2) is 35.6 Å². The third-order valence-electron chi connectivity index (χ3n) is 4.20. The summed E-state index contributed by atoms with van der Waals surface area (Å²) in [5, 5.41) is -0.258. The molecule has 1 heterocycles. The van der Waals surface area contributed by atoms with Crippen LogP contribution in [0, 0.1) is 6.92 Å². The summed E-state index contributed by atoms with van der Waals surface area (Å²) < 4.78 is 11.3. The molecule has 0 aliphatic carbocycles. The summed E-state index contributed by atoms with van der Waals surface area (Å²) in [5.74, 6) is -0.588. The van der Waals surface area contributed by atoms with Gasteiger partial charge in [-0.1, -0.05) is 41.4 Å². The predicted molar refractivity (Wildman–Crippen MR) is 115 cm³/mol. The van der Waals surface area contributed by atoms with Crippen molar-refractivity contribution in [2.45, 2.75) is 13.5 Å². The van der Waals surface area contributed by atoms with Gasteiger partial charge in [0.05, 0.1) is 17.0 Å². The highest BCUT2D eigenvalue weighted by atomic mass is 35.5. The summed E-state index contributed by atoms with van der Waals surface area (Å²) in [6, 6.07) is 11.2. The number of rotatable bonds is 7. The van der Waals surface area contributed by atoms with E-state index in [1.807, 2.05) is 31.2 Å². The summed E-state index contributed by atoms with van der Waals surface area (Å²) >= 11 is 7.12. The Morgan fingerprint density at radius 1 is 1.27 bits per heavy atom. The number of halogens is 1. The van der Waals surface area contributed by atoms with Crippen molar-refractivity contribution < 1.29 is 23.9 Å². The van der Waals surface area contributed by atoms with Crippen LogP contribution in [0.25, 0.3) is 6.08 Å². The maximum Gasteiger partial charge on any atom is 0.294 e. The molecule has 2 N–H and O–H groups in total. The zero-order valence-corrected chi connectivity index (χ0v) is 17.9. The fourth-order valence-electron chi connectivity index (χ4n) is 2.86. The Hall–Kier alpha value is -2.97. The van der Waals surface area contributed by atoms with Crippen LogP contribution in [0.4, 0.5) is 4.79 Å². The lowest BCUT2D eigenvalue weighted by Crippen LogP contribution is -2.36. The first-order chi connectivity index (χ1) is 14.3. The number of nitrogens with zero attached hydrogens (tertiary/aromatic N) is 1. The topological polar surface area (TPSA) is 98.9 Å². The van der Waals surface area contributed by atoms with Crippen molar-refractivity contribution in [1.82, 2.24) is 4.90 Å². The number of hydrogen-bond donors (Lipinski definition) is 1. The van der Waals surface area contributed by atoms with Crippen LogP contribution in [0.5, 0.6) is 11.5 Å². The summed E-state index contributed by atoms with van der Waals surface area (Å²) in [4.78, 5) is 36.3. The van der Waals surface area contributed by atoms with E-state index in [0.717, 1.165) is 27.8 Å². The quantitative estimate of drug-likeness (QED) is 0.650. The zero-order valence-electron chi connectivity index (χ0n) is 16.3. The Morgan fingerprint density at radius 3 is 2.70 bits per heavy atom. The molecule has 2 aromatic rings. The largest absolute Gasteiger partial charge is 0.493 e. The third-order valence-corrected chi connectivity index (χ3v) is 5.39. The maximum atomic E-state index is 12.4. The van der Waals surface area contributed by atoms with Gasteiger partial charge in [-0.25, -0.2) is 0 Å². The summed E-state index contributed by atoms with van der Waals surface area (Å²) in [7, 11) is 1.48. The van der Waals surface area contributed by atoms with E-state index in [1.54, 1.807) is 12.1 Å². The minimum absolute atomic E-state index is 0.160. The number of hydrogen-bond acceptors (Lipinski definition) is 6. The number of thioether (sulfide) groups is 1. The molecular formula is C21H19ClN2O5S. The number of methoxy groups -OCH3 is 1. The minimum Gasteiger partial charge on any atom is -0.493 e. The first-order valence-corrected chi connectivity index (χ1v) is 10.1. The Morgan fingerprint density at radius 2 is 2.03 bits per heavy atom. The molecule has 0 aromatic heterocycles. The Balaban J connectivity index is 1.83. The molecule has 3 amide bonds. The number of nitrogens with two attached hydrogens (primary N) is 1. The Kier molecular flexibility index (Phi) is 6.69. The van der Waals surface area contributed by atoms with Crippen molar-refractivity contribution in [3.63, 3.8) is 0 Å². The number of amides is 3. The molecule has 1 fully saturated rings. The van der Waals surface area contributed by atoms with E-state index in [1.165, 1.54) is 13.2 Å². The van der Waals surface area contributed by atoms with Crippen LogP contribution in [0.2, 0.25) is 5.02 Å². The molecule has 1 aliphatic heterocycles. The molecule has 9 heteroatoms. The van der Waals surface area contributed by atoms with Crippen molar-refractivity contribution >= 4 is 46.5 Å². The highest BCUT2D eigenvalue weighted by Gasteiger charge is 2.35. The van der Waals surface area contributed by atoms with Crippen molar-refractivity contribution in [1.29, 1.82) is 0 Å². The van der Waals surface area contributed by atoms with E-state index < -0.39 is 23.6 Å². The van der Waals surface area contributed by atoms with Crippen molar-refractivity contribution in [2.75, 3.05) is 13.7 Å². The molecule has 30 heavy (non-hydrogen) atoms. The van der Waals surface area contributed by atoms with E-state index in [0.29, 0.717) is 28.7 Å². The Bertz CT molecular complexity index is 1050. The molecule has 1 saturated heterocycles. The molecule has 0 spiro atoms. The average molecular weight is 447 g/mol. The van der Waals surface area contributed by atoms with Crippen LogP contribution in [0.1, 0.15) is 16.7 Å². The smallest absolute Gasteiger partial charge is 0.294 e. The van der Waals surface area contributed by atoms with E-state index in [4.69, 9.17) is 26.8 Å². The van der Waals surface area contributed by atoms with Crippen LogP contribution in [0.15, 0.2) is 41.3 Å². The number of primary amides is 1. The first-order valence-electron chi connectivity index (χ1n) is 8.88. The molecule has 0 atom stereocenters. The molecule has 0 radical (unpaired) electrons. The lowest BCUT2D eigenvalue weighted by molar-refractivity contribution is -0.127.